The van der Waals surface area contributed by atoms with Crippen molar-refractivity contribution in [2.45, 2.75) is 31.6 Å². The quantitative estimate of drug-likeness (QED) is 0.899. The Kier molecular flexibility index (Phi) is 4.97. The molecule has 0 bridgehead atoms. The second kappa shape index (κ2) is 7.32. The minimum atomic E-state index is 0.189. The summed E-state index contributed by atoms with van der Waals surface area (Å²) in [7, 11) is 0. The number of carbonyl (C=O) groups excluding carboxylic acids is 1. The third-order valence-corrected chi connectivity index (χ3v) is 4.13. The van der Waals surface area contributed by atoms with Gasteiger partial charge in [0.05, 0.1) is 0 Å². The van der Waals surface area contributed by atoms with Crippen LogP contribution in [0.15, 0.2) is 28.9 Å². The van der Waals surface area contributed by atoms with E-state index in [1.165, 1.54) is 0 Å². The molecule has 7 heteroatoms. The van der Waals surface area contributed by atoms with Gasteiger partial charge >= 0.3 is 0 Å². The van der Waals surface area contributed by atoms with Crippen LogP contribution in [-0.2, 0) is 4.79 Å². The maximum absolute atomic E-state index is 12.0. The highest BCUT2D eigenvalue weighted by Crippen LogP contribution is 2.28. The number of aromatic nitrogens is 3. The van der Waals surface area contributed by atoms with E-state index >= 15 is 0 Å². The number of likely N-dealkylation sites (tertiary alicyclic amines) is 1. The summed E-state index contributed by atoms with van der Waals surface area (Å²) >= 11 is 0. The lowest BCUT2D eigenvalue weighted by Crippen LogP contribution is -2.38. The molecule has 0 aromatic carbocycles. The zero-order chi connectivity index (χ0) is 16.1. The Morgan fingerprint density at radius 1 is 1.35 bits per heavy atom. The monoisotopic (exact) mass is 315 g/mol. The summed E-state index contributed by atoms with van der Waals surface area (Å²) in [6.07, 6.45) is 4.68. The second-order valence-corrected chi connectivity index (χ2v) is 5.72. The van der Waals surface area contributed by atoms with Crippen molar-refractivity contribution in [3.05, 3.63) is 30.3 Å². The third-order valence-electron chi connectivity index (χ3n) is 4.13. The van der Waals surface area contributed by atoms with Crippen LogP contribution in [0.2, 0.25) is 0 Å². The van der Waals surface area contributed by atoms with Gasteiger partial charge in [-0.05, 0) is 37.9 Å². The molecule has 3 heterocycles. The average molecular weight is 315 g/mol. The van der Waals surface area contributed by atoms with E-state index in [2.05, 4.69) is 15.1 Å². The van der Waals surface area contributed by atoms with Crippen molar-refractivity contribution in [2.24, 2.45) is 5.73 Å². The summed E-state index contributed by atoms with van der Waals surface area (Å²) in [5.41, 5.74) is 6.16. The Labute approximate surface area is 134 Å². The van der Waals surface area contributed by atoms with E-state index in [9.17, 15) is 4.79 Å². The van der Waals surface area contributed by atoms with Gasteiger partial charge in [-0.3, -0.25) is 9.78 Å². The molecule has 3 rings (SSSR count). The van der Waals surface area contributed by atoms with E-state index in [0.29, 0.717) is 30.4 Å². The van der Waals surface area contributed by atoms with Crippen molar-refractivity contribution in [3.63, 3.8) is 0 Å². The number of hydrogen-bond donors (Lipinski definition) is 1. The van der Waals surface area contributed by atoms with Crippen molar-refractivity contribution in [1.82, 2.24) is 20.0 Å². The standard InChI is InChI=1S/C16H21N5O2/c17-8-3-5-14(22)21-10-6-12(7-11-21)16-19-15(20-23-16)13-4-1-2-9-18-13/h1-2,4,9,12H,3,5-8,10-11,17H2. The minimum absolute atomic E-state index is 0.189. The van der Waals surface area contributed by atoms with Gasteiger partial charge < -0.3 is 15.2 Å². The fraction of sp³-hybridized carbons (Fsp3) is 0.500. The van der Waals surface area contributed by atoms with Crippen LogP contribution < -0.4 is 5.73 Å². The smallest absolute Gasteiger partial charge is 0.230 e. The number of rotatable bonds is 5. The minimum Gasteiger partial charge on any atom is -0.343 e. The Hall–Kier alpha value is -2.28. The molecule has 0 saturated carbocycles. The van der Waals surface area contributed by atoms with E-state index < -0.39 is 0 Å². The van der Waals surface area contributed by atoms with Crippen molar-refractivity contribution in [3.8, 4) is 11.5 Å². The number of carbonyl (C=O) groups is 1. The summed E-state index contributed by atoms with van der Waals surface area (Å²) in [6.45, 7) is 2.02. The zero-order valence-electron chi connectivity index (χ0n) is 13.0. The van der Waals surface area contributed by atoms with Crippen molar-refractivity contribution < 1.29 is 9.32 Å². The highest BCUT2D eigenvalue weighted by atomic mass is 16.5. The molecule has 1 saturated heterocycles. The molecule has 7 nitrogen and oxygen atoms in total. The van der Waals surface area contributed by atoms with Crippen LogP contribution in [0.25, 0.3) is 11.5 Å². The van der Waals surface area contributed by atoms with Gasteiger partial charge in [0.1, 0.15) is 5.69 Å². The molecule has 0 spiro atoms. The van der Waals surface area contributed by atoms with Gasteiger partial charge in [-0.25, -0.2) is 0 Å². The van der Waals surface area contributed by atoms with Crippen LogP contribution in [0.4, 0.5) is 0 Å². The fourth-order valence-electron chi connectivity index (χ4n) is 2.79. The van der Waals surface area contributed by atoms with Crippen LogP contribution in [0, 0.1) is 0 Å². The Morgan fingerprint density at radius 3 is 2.87 bits per heavy atom. The van der Waals surface area contributed by atoms with Gasteiger partial charge in [-0.1, -0.05) is 11.2 Å². The lowest BCUT2D eigenvalue weighted by Gasteiger charge is -2.30. The number of pyridine rings is 1. The fourth-order valence-corrected chi connectivity index (χ4v) is 2.79. The molecule has 2 N–H and O–H groups in total. The molecule has 1 amide bonds. The summed E-state index contributed by atoms with van der Waals surface area (Å²) in [4.78, 5) is 22.6. The largest absolute Gasteiger partial charge is 0.343 e. The van der Waals surface area contributed by atoms with Crippen molar-refractivity contribution >= 4 is 5.91 Å². The lowest BCUT2D eigenvalue weighted by molar-refractivity contribution is -0.132. The molecule has 0 radical (unpaired) electrons. The van der Waals surface area contributed by atoms with Crippen LogP contribution in [0.3, 0.4) is 0 Å². The molecule has 0 aliphatic carbocycles. The number of piperidine rings is 1. The van der Waals surface area contributed by atoms with Crippen LogP contribution in [0.5, 0.6) is 0 Å². The maximum Gasteiger partial charge on any atom is 0.230 e. The Bertz CT molecular complexity index is 635. The Morgan fingerprint density at radius 2 is 2.17 bits per heavy atom. The molecule has 2 aromatic rings. The zero-order valence-corrected chi connectivity index (χ0v) is 13.0. The summed E-state index contributed by atoms with van der Waals surface area (Å²) in [5, 5.41) is 4.01. The summed E-state index contributed by atoms with van der Waals surface area (Å²) in [6, 6.07) is 5.60. The SMILES string of the molecule is NCCCC(=O)N1CCC(c2nc(-c3ccccn3)no2)CC1. The van der Waals surface area contributed by atoms with E-state index in [0.717, 1.165) is 32.4 Å². The molecule has 1 fully saturated rings. The molecule has 1 aliphatic heterocycles. The van der Waals surface area contributed by atoms with E-state index in [1.807, 2.05) is 23.1 Å². The first kappa shape index (κ1) is 15.6. The van der Waals surface area contributed by atoms with E-state index in [4.69, 9.17) is 10.3 Å². The van der Waals surface area contributed by atoms with Crippen LogP contribution >= 0.6 is 0 Å². The highest BCUT2D eigenvalue weighted by molar-refractivity contribution is 5.76. The van der Waals surface area contributed by atoms with Crippen molar-refractivity contribution in [1.29, 1.82) is 0 Å². The summed E-state index contributed by atoms with van der Waals surface area (Å²) in [5.74, 6) is 1.55. The molecule has 2 aromatic heterocycles. The summed E-state index contributed by atoms with van der Waals surface area (Å²) < 4.78 is 5.40. The van der Waals surface area contributed by atoms with Gasteiger partial charge in [0.2, 0.25) is 17.6 Å². The van der Waals surface area contributed by atoms with E-state index in [-0.39, 0.29) is 11.8 Å². The highest BCUT2D eigenvalue weighted by Gasteiger charge is 2.27. The average Bonchev–Trinajstić information content (AvgIpc) is 3.11. The molecule has 23 heavy (non-hydrogen) atoms. The van der Waals surface area contributed by atoms with Gasteiger partial charge in [-0.2, -0.15) is 4.98 Å². The first-order valence-electron chi connectivity index (χ1n) is 8.01. The van der Waals surface area contributed by atoms with E-state index in [1.54, 1.807) is 6.20 Å². The first-order chi connectivity index (χ1) is 11.3. The van der Waals surface area contributed by atoms with Crippen molar-refractivity contribution in [2.75, 3.05) is 19.6 Å². The van der Waals surface area contributed by atoms with Gasteiger partial charge in [-0.15, -0.1) is 0 Å². The van der Waals surface area contributed by atoms with Gasteiger partial charge in [0, 0.05) is 31.6 Å². The number of hydrogen-bond acceptors (Lipinski definition) is 6. The van der Waals surface area contributed by atoms with Crippen LogP contribution in [0.1, 0.15) is 37.5 Å². The predicted molar refractivity (Wildman–Crippen MR) is 84.4 cm³/mol. The maximum atomic E-state index is 12.0. The molecule has 122 valence electrons. The number of amides is 1. The third kappa shape index (κ3) is 3.73. The molecule has 0 atom stereocenters. The Balaban J connectivity index is 1.58. The first-order valence-corrected chi connectivity index (χ1v) is 8.01. The predicted octanol–water partition coefficient (Wildman–Crippen LogP) is 1.58. The molecular weight excluding hydrogens is 294 g/mol. The topological polar surface area (TPSA) is 98.1 Å². The van der Waals surface area contributed by atoms with Crippen LogP contribution in [-0.4, -0.2) is 45.6 Å². The number of nitrogens with zero attached hydrogens (tertiary/aromatic N) is 4. The van der Waals surface area contributed by atoms with Gasteiger partial charge in [0.25, 0.3) is 0 Å². The number of nitrogens with two attached hydrogens (primary N) is 1. The van der Waals surface area contributed by atoms with Gasteiger partial charge in [0.15, 0.2) is 0 Å². The second-order valence-electron chi connectivity index (χ2n) is 5.72. The molecular formula is C16H21N5O2. The normalized spacial score (nSPS) is 15.8. The molecule has 1 aliphatic rings. The lowest BCUT2D eigenvalue weighted by atomic mass is 9.96. The molecule has 0 unspecified atom stereocenters.